The fraction of sp³-hybridized carbons (Fsp3) is 0.533. The molecule has 116 valence electrons. The largest absolute Gasteiger partial charge is 0.497 e. The summed E-state index contributed by atoms with van der Waals surface area (Å²) in [4.78, 5) is 12.5. The van der Waals surface area contributed by atoms with Gasteiger partial charge in [-0.15, -0.1) is 0 Å². The number of hydrogen-bond donors (Lipinski definition) is 2. The maximum atomic E-state index is 12.5. The Morgan fingerprint density at radius 3 is 2.62 bits per heavy atom. The Bertz CT molecular complexity index is 521. The van der Waals surface area contributed by atoms with E-state index >= 15 is 0 Å². The lowest BCUT2D eigenvalue weighted by Gasteiger charge is -2.28. The number of carbonyl (C=O) groups excluding carboxylic acids is 1. The van der Waals surface area contributed by atoms with E-state index in [2.05, 4.69) is 21.2 Å². The Morgan fingerprint density at radius 1 is 1.29 bits per heavy atom. The van der Waals surface area contributed by atoms with Gasteiger partial charge in [-0.2, -0.15) is 0 Å². The van der Waals surface area contributed by atoms with Gasteiger partial charge in [0.05, 0.1) is 36.4 Å². The molecule has 1 amide bonds. The number of methoxy groups -OCH3 is 2. The minimum atomic E-state index is -0.484. The predicted octanol–water partition coefficient (Wildman–Crippen LogP) is 2.50. The van der Waals surface area contributed by atoms with Crippen LogP contribution < -0.4 is 14.8 Å². The van der Waals surface area contributed by atoms with Gasteiger partial charge in [0.1, 0.15) is 11.5 Å². The summed E-state index contributed by atoms with van der Waals surface area (Å²) in [6.07, 6.45) is 3.05. The van der Waals surface area contributed by atoms with Crippen LogP contribution in [0.1, 0.15) is 36.0 Å². The van der Waals surface area contributed by atoms with Crippen LogP contribution in [0.4, 0.5) is 0 Å². The Labute approximate surface area is 132 Å². The monoisotopic (exact) mass is 357 g/mol. The average molecular weight is 358 g/mol. The Kier molecular flexibility index (Phi) is 5.47. The highest BCUT2D eigenvalue weighted by Gasteiger charge is 2.26. The molecule has 6 heteroatoms. The van der Waals surface area contributed by atoms with Gasteiger partial charge in [0.15, 0.2) is 0 Å². The second kappa shape index (κ2) is 7.13. The van der Waals surface area contributed by atoms with Gasteiger partial charge in [-0.05, 0) is 40.9 Å². The van der Waals surface area contributed by atoms with Crippen molar-refractivity contribution < 1.29 is 19.4 Å². The van der Waals surface area contributed by atoms with Crippen molar-refractivity contribution in [1.29, 1.82) is 0 Å². The van der Waals surface area contributed by atoms with Crippen molar-refractivity contribution in [2.45, 2.75) is 37.8 Å². The number of ether oxygens (including phenoxy) is 2. The van der Waals surface area contributed by atoms with Crippen LogP contribution in [-0.4, -0.2) is 37.4 Å². The summed E-state index contributed by atoms with van der Waals surface area (Å²) in [5.41, 5.74) is 0.390. The molecule has 0 heterocycles. The highest BCUT2D eigenvalue weighted by atomic mass is 79.9. The van der Waals surface area contributed by atoms with E-state index in [9.17, 15) is 9.90 Å². The normalized spacial score (nSPS) is 21.7. The highest BCUT2D eigenvalue weighted by molar-refractivity contribution is 9.10. The lowest BCUT2D eigenvalue weighted by molar-refractivity contribution is 0.0715. The van der Waals surface area contributed by atoms with Crippen molar-refractivity contribution in [2.24, 2.45) is 0 Å². The summed E-state index contributed by atoms with van der Waals surface area (Å²) in [7, 11) is 3.06. The lowest BCUT2D eigenvalue weighted by Crippen LogP contribution is -2.45. The molecule has 0 bridgehead atoms. The molecule has 1 fully saturated rings. The van der Waals surface area contributed by atoms with Gasteiger partial charge >= 0.3 is 0 Å². The molecule has 2 atom stereocenters. The van der Waals surface area contributed by atoms with Crippen molar-refractivity contribution in [2.75, 3.05) is 14.2 Å². The van der Waals surface area contributed by atoms with Crippen LogP contribution in [0.15, 0.2) is 16.6 Å². The molecule has 2 N–H and O–H groups in total. The molecule has 0 saturated heterocycles. The van der Waals surface area contributed by atoms with Crippen molar-refractivity contribution in [1.82, 2.24) is 5.32 Å². The van der Waals surface area contributed by atoms with Crippen molar-refractivity contribution >= 4 is 21.8 Å². The van der Waals surface area contributed by atoms with Crippen molar-refractivity contribution in [3.05, 3.63) is 22.2 Å². The number of amides is 1. The van der Waals surface area contributed by atoms with Crippen molar-refractivity contribution in [3.63, 3.8) is 0 Å². The molecule has 0 unspecified atom stereocenters. The summed E-state index contributed by atoms with van der Waals surface area (Å²) in [5.74, 6) is 0.757. The summed E-state index contributed by atoms with van der Waals surface area (Å²) < 4.78 is 11.1. The first-order chi connectivity index (χ1) is 10.1. The first-order valence-corrected chi connectivity index (χ1v) is 7.76. The SMILES string of the molecule is COc1cc(Br)c(OC)c(C(=O)N[C@H]2CCCC[C@@H]2O)c1. The fourth-order valence-corrected chi connectivity index (χ4v) is 3.19. The summed E-state index contributed by atoms with van der Waals surface area (Å²) in [5, 5.41) is 12.9. The number of aliphatic hydroxyl groups is 1. The maximum absolute atomic E-state index is 12.5. The first kappa shape index (κ1) is 16.1. The van der Waals surface area contributed by atoms with Crippen LogP contribution in [0.3, 0.4) is 0 Å². The van der Waals surface area contributed by atoms with Crippen molar-refractivity contribution in [3.8, 4) is 11.5 Å². The standard InChI is InChI=1S/C15H20BrNO4/c1-20-9-7-10(14(21-2)11(16)8-9)15(19)17-12-5-3-4-6-13(12)18/h7-8,12-13,18H,3-6H2,1-2H3,(H,17,19)/t12-,13-/m0/s1. The van der Waals surface area contributed by atoms with Gasteiger partial charge in [-0.25, -0.2) is 0 Å². The third-order valence-corrected chi connectivity index (χ3v) is 4.34. The number of hydrogen-bond acceptors (Lipinski definition) is 4. The fourth-order valence-electron chi connectivity index (χ4n) is 2.59. The zero-order chi connectivity index (χ0) is 15.4. The second-order valence-corrected chi connectivity index (χ2v) is 5.98. The third kappa shape index (κ3) is 3.68. The van der Waals surface area contributed by atoms with Gasteiger partial charge < -0.3 is 19.9 Å². The van der Waals surface area contributed by atoms with Crippen LogP contribution in [0.2, 0.25) is 0 Å². The van der Waals surface area contributed by atoms with Gasteiger partial charge in [-0.1, -0.05) is 12.8 Å². The van der Waals surface area contributed by atoms with Crippen LogP contribution in [0.25, 0.3) is 0 Å². The molecular formula is C15H20BrNO4. The molecule has 1 aliphatic carbocycles. The molecule has 5 nitrogen and oxygen atoms in total. The average Bonchev–Trinajstić information content (AvgIpc) is 2.48. The van der Waals surface area contributed by atoms with Crippen LogP contribution >= 0.6 is 15.9 Å². The second-order valence-electron chi connectivity index (χ2n) is 5.12. The van der Waals surface area contributed by atoms with Crippen LogP contribution in [0, 0.1) is 0 Å². The molecule has 21 heavy (non-hydrogen) atoms. The number of halogens is 1. The van der Waals surface area contributed by atoms with E-state index in [1.807, 2.05) is 0 Å². The highest BCUT2D eigenvalue weighted by Crippen LogP contribution is 2.33. The van der Waals surface area contributed by atoms with Crippen LogP contribution in [-0.2, 0) is 0 Å². The molecule has 1 aliphatic rings. The summed E-state index contributed by atoms with van der Waals surface area (Å²) in [6.45, 7) is 0. The van der Waals surface area contributed by atoms with Gasteiger partial charge in [0, 0.05) is 0 Å². The zero-order valence-corrected chi connectivity index (χ0v) is 13.8. The zero-order valence-electron chi connectivity index (χ0n) is 12.2. The number of carbonyl (C=O) groups is 1. The van der Waals surface area contributed by atoms with Gasteiger partial charge in [0.25, 0.3) is 5.91 Å². The molecule has 0 aliphatic heterocycles. The lowest BCUT2D eigenvalue weighted by atomic mass is 9.92. The smallest absolute Gasteiger partial charge is 0.255 e. The number of aliphatic hydroxyl groups excluding tert-OH is 1. The summed E-state index contributed by atoms with van der Waals surface area (Å²) >= 11 is 3.37. The van der Waals surface area contributed by atoms with E-state index in [0.717, 1.165) is 25.7 Å². The van der Waals surface area contributed by atoms with E-state index in [4.69, 9.17) is 9.47 Å². The molecule has 0 radical (unpaired) electrons. The minimum absolute atomic E-state index is 0.207. The molecule has 1 aromatic carbocycles. The maximum Gasteiger partial charge on any atom is 0.255 e. The predicted molar refractivity (Wildman–Crippen MR) is 83.0 cm³/mol. The third-order valence-electron chi connectivity index (χ3n) is 3.75. The topological polar surface area (TPSA) is 67.8 Å². The Balaban J connectivity index is 2.23. The van der Waals surface area contributed by atoms with Gasteiger partial charge in [0.2, 0.25) is 0 Å². The quantitative estimate of drug-likeness (QED) is 0.868. The number of benzene rings is 1. The number of nitrogens with one attached hydrogen (secondary N) is 1. The number of rotatable bonds is 4. The molecule has 2 rings (SSSR count). The molecule has 0 aromatic heterocycles. The van der Waals surface area contributed by atoms with Crippen LogP contribution in [0.5, 0.6) is 11.5 Å². The van der Waals surface area contributed by atoms with E-state index in [1.165, 1.54) is 7.11 Å². The molecule has 1 saturated carbocycles. The molecule has 0 spiro atoms. The minimum Gasteiger partial charge on any atom is -0.497 e. The van der Waals surface area contributed by atoms with E-state index < -0.39 is 6.10 Å². The van der Waals surface area contributed by atoms with Gasteiger partial charge in [-0.3, -0.25) is 4.79 Å². The van der Waals surface area contributed by atoms with E-state index in [0.29, 0.717) is 21.5 Å². The Hall–Kier alpha value is -1.27. The Morgan fingerprint density at radius 2 is 2.00 bits per heavy atom. The van der Waals surface area contributed by atoms with E-state index in [1.54, 1.807) is 19.2 Å². The molecular weight excluding hydrogens is 338 g/mol. The first-order valence-electron chi connectivity index (χ1n) is 6.97. The van der Waals surface area contributed by atoms with E-state index in [-0.39, 0.29) is 11.9 Å². The molecule has 1 aromatic rings. The summed E-state index contributed by atoms with van der Waals surface area (Å²) in [6, 6.07) is 3.17.